The summed E-state index contributed by atoms with van der Waals surface area (Å²) in [4.78, 5) is 12.7. The molecule has 1 amide bonds. The molecular weight excluding hydrogens is 438 g/mol. The Morgan fingerprint density at radius 1 is 0.968 bits per heavy atom. The molecule has 2 rings (SSSR count). The van der Waals surface area contributed by atoms with Crippen molar-refractivity contribution in [2.45, 2.75) is 23.2 Å². The molecule has 1 N–H and O–H groups in total. The van der Waals surface area contributed by atoms with Crippen molar-refractivity contribution in [3.8, 4) is 12.1 Å². The Morgan fingerprint density at radius 3 is 2.23 bits per heavy atom. The number of hydrogen-bond acceptors (Lipinski definition) is 7. The van der Waals surface area contributed by atoms with Gasteiger partial charge in [0.15, 0.2) is 24.4 Å². The van der Waals surface area contributed by atoms with Crippen molar-refractivity contribution in [2.75, 3.05) is 12.3 Å². The lowest BCUT2D eigenvalue weighted by Gasteiger charge is -2.27. The van der Waals surface area contributed by atoms with Gasteiger partial charge in [-0.15, -0.1) is 0 Å². The molecule has 0 aromatic heterocycles. The van der Waals surface area contributed by atoms with Gasteiger partial charge in [-0.1, -0.05) is 42.5 Å². The molecule has 0 aliphatic rings. The van der Waals surface area contributed by atoms with Gasteiger partial charge in [0, 0.05) is 0 Å². The Hall–Kier alpha value is -3.21. The van der Waals surface area contributed by atoms with Gasteiger partial charge in [-0.3, -0.25) is 4.79 Å². The van der Waals surface area contributed by atoms with Crippen LogP contribution in [0.15, 0.2) is 54.6 Å². The van der Waals surface area contributed by atoms with E-state index in [9.17, 15) is 21.6 Å². The summed E-state index contributed by atoms with van der Waals surface area (Å²) in [5, 5.41) is 19.9. The van der Waals surface area contributed by atoms with Crippen LogP contribution >= 0.6 is 0 Å². The van der Waals surface area contributed by atoms with Crippen LogP contribution in [0.4, 0.5) is 0 Å². The molecule has 1 atom stereocenters. The van der Waals surface area contributed by atoms with E-state index in [-0.39, 0.29) is 5.56 Å². The minimum atomic E-state index is -4.30. The molecule has 0 spiro atoms. The van der Waals surface area contributed by atoms with Gasteiger partial charge in [0.05, 0.1) is 35.0 Å². The van der Waals surface area contributed by atoms with Gasteiger partial charge in [0.25, 0.3) is 0 Å². The smallest absolute Gasteiger partial charge is 0.243 e. The van der Waals surface area contributed by atoms with Crippen molar-refractivity contribution in [1.82, 2.24) is 5.32 Å². The van der Waals surface area contributed by atoms with Gasteiger partial charge in [-0.05, 0) is 30.2 Å². The highest BCUT2D eigenvalue weighted by Gasteiger charge is 2.49. The van der Waals surface area contributed by atoms with Gasteiger partial charge in [0.2, 0.25) is 5.91 Å². The van der Waals surface area contributed by atoms with Gasteiger partial charge in [-0.2, -0.15) is 10.5 Å². The van der Waals surface area contributed by atoms with Crippen LogP contribution in [-0.4, -0.2) is 39.8 Å². The molecule has 0 aliphatic carbocycles. The monoisotopic (exact) mass is 459 g/mol. The third-order valence-corrected chi connectivity index (χ3v) is 9.02. The summed E-state index contributed by atoms with van der Waals surface area (Å²) in [6.45, 7) is 0.598. The van der Waals surface area contributed by atoms with Crippen LogP contribution in [0.5, 0.6) is 0 Å². The first-order valence-electron chi connectivity index (χ1n) is 9.14. The van der Waals surface area contributed by atoms with Crippen LogP contribution in [0.25, 0.3) is 0 Å². The first-order valence-corrected chi connectivity index (χ1v) is 12.6. The molecule has 0 aliphatic heterocycles. The molecule has 0 radical (unpaired) electrons. The second-order valence-electron chi connectivity index (χ2n) is 7.16. The lowest BCUT2D eigenvalue weighted by Crippen LogP contribution is -2.55. The standard InChI is InChI=1S/C21H21N3O5S2/c1-21(20(25)24-11-10-22,31(28,29)15-17-6-3-2-4-7-17)16-30(26,27)14-19-9-5-8-18(12-19)13-23/h2-9,12H,11,14-16H2,1H3,(H,24,25). The van der Waals surface area contributed by atoms with Crippen molar-refractivity contribution >= 4 is 25.6 Å². The Kier molecular flexibility index (Phi) is 7.55. The topological polar surface area (TPSA) is 145 Å². The maximum absolute atomic E-state index is 13.2. The van der Waals surface area contributed by atoms with Crippen molar-refractivity contribution in [2.24, 2.45) is 0 Å². The molecule has 10 heteroatoms. The summed E-state index contributed by atoms with van der Waals surface area (Å²) in [6.07, 6.45) is 0. The fraction of sp³-hybridized carbons (Fsp3) is 0.286. The fourth-order valence-electron chi connectivity index (χ4n) is 3.01. The summed E-state index contributed by atoms with van der Waals surface area (Å²) in [5.41, 5.74) is 0.971. The Balaban J connectivity index is 2.41. The summed E-state index contributed by atoms with van der Waals surface area (Å²) in [5.74, 6) is -3.10. The number of benzene rings is 2. The minimum Gasteiger partial charge on any atom is -0.342 e. The zero-order valence-corrected chi connectivity index (χ0v) is 18.4. The molecule has 8 nitrogen and oxygen atoms in total. The van der Waals surface area contributed by atoms with Crippen LogP contribution in [0.2, 0.25) is 0 Å². The van der Waals surface area contributed by atoms with E-state index >= 15 is 0 Å². The predicted octanol–water partition coefficient (Wildman–Crippen LogP) is 1.49. The average molecular weight is 460 g/mol. The molecule has 0 heterocycles. The molecule has 162 valence electrons. The largest absolute Gasteiger partial charge is 0.342 e. The zero-order valence-electron chi connectivity index (χ0n) is 16.8. The molecule has 0 bridgehead atoms. The van der Waals surface area contributed by atoms with Crippen LogP contribution in [-0.2, 0) is 36.0 Å². The summed E-state index contributed by atoms with van der Waals surface area (Å²) in [7, 11) is -8.39. The second-order valence-corrected chi connectivity index (χ2v) is 11.6. The fourth-order valence-corrected chi connectivity index (χ4v) is 7.33. The van der Waals surface area contributed by atoms with E-state index in [1.165, 1.54) is 24.3 Å². The van der Waals surface area contributed by atoms with E-state index in [1.807, 2.05) is 6.07 Å². The second kappa shape index (κ2) is 9.73. The Morgan fingerprint density at radius 2 is 1.61 bits per heavy atom. The Labute approximate surface area is 182 Å². The number of nitrogens with zero attached hydrogens (tertiary/aromatic N) is 2. The lowest BCUT2D eigenvalue weighted by atomic mass is 10.2. The highest BCUT2D eigenvalue weighted by molar-refractivity contribution is 7.96. The predicted molar refractivity (Wildman–Crippen MR) is 115 cm³/mol. The minimum absolute atomic E-state index is 0.263. The molecule has 0 saturated heterocycles. The summed E-state index contributed by atoms with van der Waals surface area (Å²) < 4.78 is 49.9. The van der Waals surface area contributed by atoms with E-state index in [0.29, 0.717) is 11.1 Å². The maximum atomic E-state index is 13.2. The van der Waals surface area contributed by atoms with Crippen LogP contribution in [0.1, 0.15) is 23.6 Å². The van der Waals surface area contributed by atoms with E-state index in [2.05, 4.69) is 5.32 Å². The SMILES string of the molecule is CC(CS(=O)(=O)Cc1cccc(C#N)c1)(C(=O)NCC#N)S(=O)(=O)Cc1ccccc1. The number of sulfone groups is 2. The lowest BCUT2D eigenvalue weighted by molar-refractivity contribution is -0.122. The number of carbonyl (C=O) groups is 1. The first-order chi connectivity index (χ1) is 14.5. The molecule has 2 aromatic rings. The van der Waals surface area contributed by atoms with Gasteiger partial charge in [-0.25, -0.2) is 16.8 Å². The van der Waals surface area contributed by atoms with E-state index in [4.69, 9.17) is 10.5 Å². The van der Waals surface area contributed by atoms with Gasteiger partial charge in [0.1, 0.15) is 6.54 Å². The van der Waals surface area contributed by atoms with E-state index in [0.717, 1.165) is 6.92 Å². The highest BCUT2D eigenvalue weighted by Crippen LogP contribution is 2.26. The highest BCUT2D eigenvalue weighted by atomic mass is 32.2. The molecule has 0 fully saturated rings. The van der Waals surface area contributed by atoms with Crippen molar-refractivity contribution < 1.29 is 21.6 Å². The number of amides is 1. The molecular formula is C21H21N3O5S2. The third kappa shape index (κ3) is 6.14. The normalized spacial score (nSPS) is 13.4. The maximum Gasteiger partial charge on any atom is 0.243 e. The number of carbonyl (C=O) groups excluding carboxylic acids is 1. The first kappa shape index (κ1) is 24.1. The number of nitriles is 2. The molecule has 31 heavy (non-hydrogen) atoms. The molecule has 2 aromatic carbocycles. The van der Waals surface area contributed by atoms with Crippen LogP contribution < -0.4 is 5.32 Å². The third-order valence-electron chi connectivity index (χ3n) is 4.63. The van der Waals surface area contributed by atoms with Gasteiger partial charge < -0.3 is 5.32 Å². The summed E-state index contributed by atoms with van der Waals surface area (Å²) >= 11 is 0. The Bertz CT molecular complexity index is 1240. The number of hydrogen-bond donors (Lipinski definition) is 1. The van der Waals surface area contributed by atoms with Gasteiger partial charge >= 0.3 is 0 Å². The summed E-state index contributed by atoms with van der Waals surface area (Å²) in [6, 6.07) is 17.6. The van der Waals surface area contributed by atoms with Crippen LogP contribution in [0, 0.1) is 22.7 Å². The van der Waals surface area contributed by atoms with Crippen molar-refractivity contribution in [1.29, 1.82) is 10.5 Å². The van der Waals surface area contributed by atoms with E-state index < -0.39 is 54.1 Å². The number of nitrogens with one attached hydrogen (secondary N) is 1. The zero-order chi connectivity index (χ0) is 23.1. The quantitative estimate of drug-likeness (QED) is 0.559. The van der Waals surface area contributed by atoms with Crippen LogP contribution in [0.3, 0.4) is 0 Å². The van der Waals surface area contributed by atoms with Crippen molar-refractivity contribution in [3.63, 3.8) is 0 Å². The number of rotatable bonds is 9. The molecule has 0 saturated carbocycles. The van der Waals surface area contributed by atoms with E-state index in [1.54, 1.807) is 36.4 Å². The van der Waals surface area contributed by atoms with Crippen molar-refractivity contribution in [3.05, 3.63) is 71.3 Å². The molecule has 1 unspecified atom stereocenters. The average Bonchev–Trinajstić information content (AvgIpc) is 2.71.